The SMILES string of the molecule is Cc1nnc2c(NCc3ccc4c(c3)OCO4)nc3ccccc3n12. The lowest BCUT2D eigenvalue weighted by Gasteiger charge is -2.10. The molecule has 0 saturated heterocycles. The van der Waals surface area contributed by atoms with E-state index in [9.17, 15) is 0 Å². The smallest absolute Gasteiger partial charge is 0.231 e. The molecule has 2 aromatic heterocycles. The van der Waals surface area contributed by atoms with Crippen molar-refractivity contribution in [3.63, 3.8) is 0 Å². The molecule has 0 saturated carbocycles. The summed E-state index contributed by atoms with van der Waals surface area (Å²) in [7, 11) is 0. The normalized spacial score (nSPS) is 12.8. The first kappa shape index (κ1) is 14.0. The summed E-state index contributed by atoms with van der Waals surface area (Å²) in [5.41, 5.74) is 3.69. The quantitative estimate of drug-likeness (QED) is 0.621. The Bertz CT molecular complexity index is 1110. The molecule has 0 atom stereocenters. The summed E-state index contributed by atoms with van der Waals surface area (Å²) >= 11 is 0. The van der Waals surface area contributed by atoms with E-state index in [1.807, 2.05) is 53.8 Å². The minimum Gasteiger partial charge on any atom is -0.454 e. The van der Waals surface area contributed by atoms with E-state index in [1.54, 1.807) is 0 Å². The Morgan fingerprint density at radius 3 is 2.92 bits per heavy atom. The van der Waals surface area contributed by atoms with Gasteiger partial charge >= 0.3 is 0 Å². The molecule has 1 aliphatic rings. The molecule has 0 unspecified atom stereocenters. The Labute approximate surface area is 143 Å². The Balaban J connectivity index is 1.54. The van der Waals surface area contributed by atoms with Gasteiger partial charge in [-0.3, -0.25) is 4.40 Å². The molecule has 25 heavy (non-hydrogen) atoms. The predicted molar refractivity (Wildman–Crippen MR) is 92.9 cm³/mol. The highest BCUT2D eigenvalue weighted by atomic mass is 16.7. The van der Waals surface area contributed by atoms with Crippen LogP contribution in [0.1, 0.15) is 11.4 Å². The Morgan fingerprint density at radius 1 is 1.08 bits per heavy atom. The number of hydrogen-bond donors (Lipinski definition) is 1. The van der Waals surface area contributed by atoms with Gasteiger partial charge in [-0.25, -0.2) is 4.98 Å². The molecule has 0 radical (unpaired) electrons. The minimum atomic E-state index is 0.276. The molecule has 0 amide bonds. The van der Waals surface area contributed by atoms with Gasteiger partial charge in [0.25, 0.3) is 0 Å². The van der Waals surface area contributed by atoms with E-state index >= 15 is 0 Å². The van der Waals surface area contributed by atoms with Crippen molar-refractivity contribution in [3.05, 3.63) is 53.9 Å². The fourth-order valence-corrected chi connectivity index (χ4v) is 3.08. The molecule has 1 aliphatic heterocycles. The van der Waals surface area contributed by atoms with Gasteiger partial charge in [-0.15, -0.1) is 10.2 Å². The molecule has 0 bridgehead atoms. The van der Waals surface area contributed by atoms with Crippen LogP contribution < -0.4 is 14.8 Å². The number of anilines is 1. The first-order chi connectivity index (χ1) is 12.3. The first-order valence-electron chi connectivity index (χ1n) is 8.02. The maximum Gasteiger partial charge on any atom is 0.231 e. The minimum absolute atomic E-state index is 0.276. The molecule has 5 rings (SSSR count). The first-order valence-corrected chi connectivity index (χ1v) is 8.02. The Morgan fingerprint density at radius 2 is 1.96 bits per heavy atom. The zero-order valence-corrected chi connectivity index (χ0v) is 13.6. The van der Waals surface area contributed by atoms with Gasteiger partial charge in [-0.05, 0) is 36.8 Å². The molecule has 0 fully saturated rings. The third-order valence-corrected chi connectivity index (χ3v) is 4.29. The molecule has 1 N–H and O–H groups in total. The van der Waals surface area contributed by atoms with Gasteiger partial charge in [0, 0.05) is 6.54 Å². The molecule has 4 aromatic rings. The Kier molecular flexibility index (Phi) is 3.00. The molecule has 2 aromatic carbocycles. The van der Waals surface area contributed by atoms with Crippen molar-refractivity contribution < 1.29 is 9.47 Å². The number of nitrogens with one attached hydrogen (secondary N) is 1. The fourth-order valence-electron chi connectivity index (χ4n) is 3.08. The average Bonchev–Trinajstić information content (AvgIpc) is 3.26. The second-order valence-electron chi connectivity index (χ2n) is 5.90. The van der Waals surface area contributed by atoms with E-state index < -0.39 is 0 Å². The number of aryl methyl sites for hydroxylation is 1. The van der Waals surface area contributed by atoms with Crippen LogP contribution in [0.4, 0.5) is 5.82 Å². The van der Waals surface area contributed by atoms with E-state index in [0.29, 0.717) is 12.4 Å². The van der Waals surface area contributed by atoms with Gasteiger partial charge in [0.2, 0.25) is 12.4 Å². The van der Waals surface area contributed by atoms with Crippen LogP contribution in [0, 0.1) is 6.92 Å². The van der Waals surface area contributed by atoms with Crippen molar-refractivity contribution in [1.29, 1.82) is 0 Å². The van der Waals surface area contributed by atoms with Crippen molar-refractivity contribution >= 4 is 22.5 Å². The highest BCUT2D eigenvalue weighted by Gasteiger charge is 2.15. The standard InChI is InChI=1S/C18H15N5O2/c1-11-21-22-18-17(20-13-4-2-3-5-14(13)23(11)18)19-9-12-6-7-15-16(8-12)25-10-24-15/h2-8H,9-10H2,1H3,(H,19,20). The lowest BCUT2D eigenvalue weighted by atomic mass is 10.2. The Hall–Kier alpha value is -3.35. The predicted octanol–water partition coefficient (Wildman–Crippen LogP) is 2.93. The lowest BCUT2D eigenvalue weighted by molar-refractivity contribution is 0.174. The van der Waals surface area contributed by atoms with Gasteiger partial charge in [-0.2, -0.15) is 0 Å². The van der Waals surface area contributed by atoms with Crippen LogP contribution in [-0.4, -0.2) is 26.4 Å². The summed E-state index contributed by atoms with van der Waals surface area (Å²) in [5.74, 6) is 3.09. The van der Waals surface area contributed by atoms with E-state index in [0.717, 1.165) is 39.6 Å². The molecule has 0 spiro atoms. The number of nitrogens with zero attached hydrogens (tertiary/aromatic N) is 4. The number of fused-ring (bicyclic) bond motifs is 4. The highest BCUT2D eigenvalue weighted by Crippen LogP contribution is 2.32. The van der Waals surface area contributed by atoms with E-state index in [2.05, 4.69) is 15.5 Å². The molecule has 7 nitrogen and oxygen atoms in total. The zero-order valence-electron chi connectivity index (χ0n) is 13.6. The van der Waals surface area contributed by atoms with Gasteiger partial charge < -0.3 is 14.8 Å². The van der Waals surface area contributed by atoms with Crippen molar-refractivity contribution in [2.75, 3.05) is 12.1 Å². The molecule has 7 heteroatoms. The van der Waals surface area contributed by atoms with Crippen LogP contribution in [0.15, 0.2) is 42.5 Å². The molecular weight excluding hydrogens is 318 g/mol. The van der Waals surface area contributed by atoms with Crippen molar-refractivity contribution in [2.45, 2.75) is 13.5 Å². The second kappa shape index (κ2) is 5.34. The molecule has 124 valence electrons. The topological polar surface area (TPSA) is 73.6 Å². The van der Waals surface area contributed by atoms with Crippen molar-refractivity contribution in [1.82, 2.24) is 19.6 Å². The van der Waals surface area contributed by atoms with Gasteiger partial charge in [0.1, 0.15) is 5.82 Å². The average molecular weight is 333 g/mol. The van der Waals surface area contributed by atoms with Crippen LogP contribution in [0.5, 0.6) is 11.5 Å². The van der Waals surface area contributed by atoms with E-state index in [4.69, 9.17) is 14.5 Å². The summed E-state index contributed by atoms with van der Waals surface area (Å²) in [6.45, 7) is 2.82. The van der Waals surface area contributed by atoms with Crippen LogP contribution in [0.25, 0.3) is 16.7 Å². The van der Waals surface area contributed by atoms with Crippen LogP contribution in [-0.2, 0) is 6.54 Å². The van der Waals surface area contributed by atoms with E-state index in [1.165, 1.54) is 0 Å². The van der Waals surface area contributed by atoms with Crippen molar-refractivity contribution in [3.8, 4) is 11.5 Å². The summed E-state index contributed by atoms with van der Waals surface area (Å²) in [6, 6.07) is 13.9. The van der Waals surface area contributed by atoms with Crippen LogP contribution in [0.2, 0.25) is 0 Å². The maximum atomic E-state index is 5.43. The van der Waals surface area contributed by atoms with E-state index in [-0.39, 0.29) is 6.79 Å². The number of hydrogen-bond acceptors (Lipinski definition) is 6. The number of ether oxygens (including phenoxy) is 2. The summed E-state index contributed by atoms with van der Waals surface area (Å²) in [5, 5.41) is 11.9. The maximum absolute atomic E-state index is 5.43. The van der Waals surface area contributed by atoms with Gasteiger partial charge in [-0.1, -0.05) is 18.2 Å². The van der Waals surface area contributed by atoms with Gasteiger partial charge in [0.15, 0.2) is 17.3 Å². The van der Waals surface area contributed by atoms with Crippen LogP contribution >= 0.6 is 0 Å². The van der Waals surface area contributed by atoms with Crippen LogP contribution in [0.3, 0.4) is 0 Å². The number of aromatic nitrogens is 4. The molecule has 0 aliphatic carbocycles. The molecule has 3 heterocycles. The lowest BCUT2D eigenvalue weighted by Crippen LogP contribution is -2.05. The zero-order chi connectivity index (χ0) is 16.8. The fraction of sp³-hybridized carbons (Fsp3) is 0.167. The summed E-state index contributed by atoms with van der Waals surface area (Å²) in [6.07, 6.45) is 0. The third-order valence-electron chi connectivity index (χ3n) is 4.29. The van der Waals surface area contributed by atoms with Gasteiger partial charge in [0.05, 0.1) is 11.0 Å². The van der Waals surface area contributed by atoms with Crippen molar-refractivity contribution in [2.24, 2.45) is 0 Å². The number of benzene rings is 2. The summed E-state index contributed by atoms with van der Waals surface area (Å²) < 4.78 is 12.8. The largest absolute Gasteiger partial charge is 0.454 e. The second-order valence-corrected chi connectivity index (χ2v) is 5.90. The highest BCUT2D eigenvalue weighted by molar-refractivity contribution is 5.82. The number of para-hydroxylation sites is 2. The number of rotatable bonds is 3. The monoisotopic (exact) mass is 333 g/mol. The summed E-state index contributed by atoms with van der Waals surface area (Å²) in [4.78, 5) is 4.71. The third kappa shape index (κ3) is 2.24. The molecular formula is C18H15N5O2.